The average Bonchev–Trinajstić information content (AvgIpc) is 3.23. The summed E-state index contributed by atoms with van der Waals surface area (Å²) in [4.78, 5) is 34.0. The van der Waals surface area contributed by atoms with Crippen molar-refractivity contribution in [2.24, 2.45) is 4.99 Å². The van der Waals surface area contributed by atoms with Crippen molar-refractivity contribution in [3.8, 4) is 5.75 Å². The smallest absolute Gasteiger partial charge is 0.253 e. The number of aryl methyl sites for hydroxylation is 1. The number of piperidine rings is 1. The van der Waals surface area contributed by atoms with Crippen LogP contribution >= 0.6 is 0 Å². The van der Waals surface area contributed by atoms with Gasteiger partial charge < -0.3 is 15.3 Å². The van der Waals surface area contributed by atoms with Gasteiger partial charge in [-0.2, -0.15) is 4.31 Å². The molecule has 1 spiro atoms. The van der Waals surface area contributed by atoms with Gasteiger partial charge in [-0.05, 0) is 61.2 Å². The zero-order valence-corrected chi connectivity index (χ0v) is 22.2. The van der Waals surface area contributed by atoms with E-state index >= 15 is 0 Å². The summed E-state index contributed by atoms with van der Waals surface area (Å²) in [5, 5.41) is 12.9. The fraction of sp³-hybridized carbons (Fsp3) is 0.346. The predicted octanol–water partition coefficient (Wildman–Crippen LogP) is 2.45. The van der Waals surface area contributed by atoms with Crippen molar-refractivity contribution in [2.75, 3.05) is 31.1 Å². The van der Waals surface area contributed by atoms with Crippen molar-refractivity contribution >= 4 is 39.4 Å². The summed E-state index contributed by atoms with van der Waals surface area (Å²) in [6.45, 7) is 2.56. The van der Waals surface area contributed by atoms with E-state index < -0.39 is 27.3 Å². The maximum absolute atomic E-state index is 14.8. The number of amides is 2. The average molecular weight is 563 g/mol. The fourth-order valence-corrected chi connectivity index (χ4v) is 5.84. The molecule has 2 aliphatic heterocycles. The number of nitrogens with one attached hydrogen (secondary N) is 1. The highest BCUT2D eigenvalue weighted by Gasteiger charge is 2.47. The standard InChI is InChI=1S/C26H28F2N4O6S/c1-17-14-23(32(11-12-33)18(2)34)22(27)16-19(17)6-13-39(36,37)31-9-7-26(8-10-31)25(35)29-24(30-26)20-4-3-5-21(15-20)38-28/h3-6,13-16,33H,7-12H2,1-2H3,(H,29,30,35)/b13-6+. The third kappa shape index (κ3) is 5.84. The van der Waals surface area contributed by atoms with Gasteiger partial charge in [-0.15, -0.1) is 0 Å². The molecule has 208 valence electrons. The maximum atomic E-state index is 14.8. The number of carbonyl (C=O) groups is 2. The first kappa shape index (κ1) is 28.3. The Labute approximate surface area is 224 Å². The van der Waals surface area contributed by atoms with Gasteiger partial charge in [-0.1, -0.05) is 12.1 Å². The summed E-state index contributed by atoms with van der Waals surface area (Å²) < 4.78 is 54.6. The number of halogens is 2. The lowest BCUT2D eigenvalue weighted by Crippen LogP contribution is -2.50. The summed E-state index contributed by atoms with van der Waals surface area (Å²) in [7, 11) is -3.90. The Morgan fingerprint density at radius 1 is 1.28 bits per heavy atom. The molecule has 2 N–H and O–H groups in total. The van der Waals surface area contributed by atoms with Gasteiger partial charge in [0.2, 0.25) is 15.9 Å². The molecule has 2 heterocycles. The molecule has 2 aromatic carbocycles. The highest BCUT2D eigenvalue weighted by molar-refractivity contribution is 7.92. The summed E-state index contributed by atoms with van der Waals surface area (Å²) in [5.41, 5.74) is 0.166. The molecule has 0 saturated carbocycles. The largest absolute Gasteiger partial charge is 0.395 e. The highest BCUT2D eigenvalue weighted by atomic mass is 32.2. The van der Waals surface area contributed by atoms with Crippen LogP contribution in [0.4, 0.5) is 14.6 Å². The van der Waals surface area contributed by atoms with Crippen LogP contribution in [0.3, 0.4) is 0 Å². The van der Waals surface area contributed by atoms with Gasteiger partial charge in [0.25, 0.3) is 5.91 Å². The minimum absolute atomic E-state index is 0.00547. The number of hydrogen-bond donors (Lipinski definition) is 2. The van der Waals surface area contributed by atoms with Crippen molar-refractivity contribution < 1.29 is 37.0 Å². The van der Waals surface area contributed by atoms with Crippen LogP contribution in [0.25, 0.3) is 6.08 Å². The number of rotatable bonds is 8. The Hall–Kier alpha value is -3.68. The molecule has 10 nitrogen and oxygen atoms in total. The highest BCUT2D eigenvalue weighted by Crippen LogP contribution is 2.33. The summed E-state index contributed by atoms with van der Waals surface area (Å²) in [6.07, 6.45) is 1.57. The molecule has 0 unspecified atom stereocenters. The van der Waals surface area contributed by atoms with E-state index in [-0.39, 0.29) is 62.3 Å². The number of nitrogens with zero attached hydrogens (tertiary/aromatic N) is 3. The first-order chi connectivity index (χ1) is 18.5. The van der Waals surface area contributed by atoms with Gasteiger partial charge in [-0.3, -0.25) is 19.5 Å². The van der Waals surface area contributed by atoms with Gasteiger partial charge in [-0.25, -0.2) is 12.8 Å². The van der Waals surface area contributed by atoms with Crippen LogP contribution in [-0.4, -0.2) is 67.3 Å². The van der Waals surface area contributed by atoms with Gasteiger partial charge in [0, 0.05) is 42.1 Å². The van der Waals surface area contributed by atoms with Crippen LogP contribution < -0.4 is 15.2 Å². The molecule has 39 heavy (non-hydrogen) atoms. The molecule has 0 atom stereocenters. The Morgan fingerprint density at radius 3 is 2.64 bits per heavy atom. The quantitative estimate of drug-likeness (QED) is 0.509. The van der Waals surface area contributed by atoms with Crippen molar-refractivity contribution in [2.45, 2.75) is 32.2 Å². The van der Waals surface area contributed by atoms with E-state index in [0.717, 1.165) is 16.4 Å². The Bertz CT molecular complexity index is 1450. The number of anilines is 1. The van der Waals surface area contributed by atoms with Crippen LogP contribution in [0.15, 0.2) is 46.8 Å². The van der Waals surface area contributed by atoms with E-state index in [1.807, 2.05) is 0 Å². The Kier molecular flexibility index (Phi) is 8.14. The zero-order valence-electron chi connectivity index (χ0n) is 21.4. The van der Waals surface area contributed by atoms with Crippen molar-refractivity contribution in [1.29, 1.82) is 0 Å². The van der Waals surface area contributed by atoms with Crippen molar-refractivity contribution in [3.05, 3.63) is 64.3 Å². The van der Waals surface area contributed by atoms with Crippen molar-refractivity contribution in [3.63, 3.8) is 0 Å². The van der Waals surface area contributed by atoms with Gasteiger partial charge >= 0.3 is 0 Å². The van der Waals surface area contributed by atoms with Crippen LogP contribution in [0.5, 0.6) is 5.75 Å². The van der Waals surface area contributed by atoms with Gasteiger partial charge in [0.05, 0.1) is 12.3 Å². The number of benzene rings is 2. The molecule has 0 aromatic heterocycles. The van der Waals surface area contributed by atoms with E-state index in [0.29, 0.717) is 16.7 Å². The molecule has 0 radical (unpaired) electrons. The molecular weight excluding hydrogens is 534 g/mol. The molecule has 13 heteroatoms. The third-order valence-corrected chi connectivity index (χ3v) is 8.40. The number of aliphatic imine (C=N–C) groups is 1. The normalized spacial score (nSPS) is 17.4. The second-order valence-corrected chi connectivity index (χ2v) is 11.2. The summed E-state index contributed by atoms with van der Waals surface area (Å²) in [6, 6.07) is 8.57. The van der Waals surface area contributed by atoms with Gasteiger partial charge in [0.15, 0.2) is 5.75 Å². The monoisotopic (exact) mass is 562 g/mol. The summed E-state index contributed by atoms with van der Waals surface area (Å²) in [5.74, 6) is -1.30. The van der Waals surface area contributed by atoms with E-state index in [9.17, 15) is 32.0 Å². The van der Waals surface area contributed by atoms with E-state index in [4.69, 9.17) is 0 Å². The molecule has 2 aliphatic rings. The minimum Gasteiger partial charge on any atom is -0.395 e. The second kappa shape index (κ2) is 11.2. The molecule has 1 fully saturated rings. The molecule has 2 aromatic rings. The molecule has 0 aliphatic carbocycles. The number of amidine groups is 1. The Balaban J connectivity index is 1.48. The zero-order chi connectivity index (χ0) is 28.4. The topological polar surface area (TPSA) is 129 Å². The number of sulfonamides is 1. The number of aliphatic hydroxyl groups excluding tert-OH is 1. The van der Waals surface area contributed by atoms with E-state index in [1.165, 1.54) is 35.5 Å². The first-order valence-corrected chi connectivity index (χ1v) is 13.7. The van der Waals surface area contributed by atoms with Crippen LogP contribution in [0.1, 0.15) is 36.5 Å². The maximum Gasteiger partial charge on any atom is 0.253 e. The van der Waals surface area contributed by atoms with Crippen LogP contribution in [0.2, 0.25) is 0 Å². The second-order valence-electron chi connectivity index (χ2n) is 9.35. The summed E-state index contributed by atoms with van der Waals surface area (Å²) >= 11 is 0. The van der Waals surface area contributed by atoms with Crippen LogP contribution in [-0.2, 0) is 19.6 Å². The number of carbonyl (C=O) groups excluding carboxylic acids is 2. The lowest BCUT2D eigenvalue weighted by atomic mass is 9.89. The fourth-order valence-electron chi connectivity index (χ4n) is 4.66. The van der Waals surface area contributed by atoms with E-state index in [1.54, 1.807) is 19.1 Å². The molecular formula is C26H28F2N4O6S. The van der Waals surface area contributed by atoms with Crippen molar-refractivity contribution in [1.82, 2.24) is 9.62 Å². The minimum atomic E-state index is -3.90. The number of hydrogen-bond acceptors (Lipinski definition) is 7. The lowest BCUT2D eigenvalue weighted by Gasteiger charge is -2.34. The lowest BCUT2D eigenvalue weighted by molar-refractivity contribution is -0.125. The SMILES string of the molecule is CC(=O)N(CCO)c1cc(C)c(/C=C/S(=O)(=O)N2CCC3(CC2)N=C(c2cccc(OF)c2)NC3=O)cc1F. The third-order valence-electron chi connectivity index (χ3n) is 6.84. The Morgan fingerprint density at radius 2 is 2.00 bits per heavy atom. The molecule has 2 amide bonds. The first-order valence-electron chi connectivity index (χ1n) is 12.2. The molecule has 0 bridgehead atoms. The van der Waals surface area contributed by atoms with E-state index in [2.05, 4.69) is 15.3 Å². The molecule has 1 saturated heterocycles. The number of aliphatic hydroxyl groups is 1. The van der Waals surface area contributed by atoms with Crippen LogP contribution in [0, 0.1) is 12.7 Å². The predicted molar refractivity (Wildman–Crippen MR) is 141 cm³/mol. The van der Waals surface area contributed by atoms with Gasteiger partial charge in [0.1, 0.15) is 17.2 Å². The molecule has 4 rings (SSSR count).